The summed E-state index contributed by atoms with van der Waals surface area (Å²) in [5.74, 6) is 0.836. The third-order valence-corrected chi connectivity index (χ3v) is 5.06. The Balaban J connectivity index is 1.58. The van der Waals surface area contributed by atoms with Gasteiger partial charge in [-0.3, -0.25) is 4.79 Å². The van der Waals surface area contributed by atoms with Gasteiger partial charge < -0.3 is 9.80 Å². The minimum atomic E-state index is -0.284. The van der Waals surface area contributed by atoms with Crippen LogP contribution in [0.15, 0.2) is 29.2 Å². The van der Waals surface area contributed by atoms with Crippen molar-refractivity contribution in [3.63, 3.8) is 0 Å². The van der Waals surface area contributed by atoms with Crippen molar-refractivity contribution in [1.29, 1.82) is 5.26 Å². The van der Waals surface area contributed by atoms with Crippen LogP contribution in [0.2, 0.25) is 5.02 Å². The smallest absolute Gasteiger partial charge is 0.287 e. The lowest BCUT2D eigenvalue weighted by Gasteiger charge is -2.57. The predicted molar refractivity (Wildman–Crippen MR) is 90.3 cm³/mol. The number of piperidine rings is 1. The summed E-state index contributed by atoms with van der Waals surface area (Å²) in [5.41, 5.74) is 0.828. The first-order valence-electron chi connectivity index (χ1n) is 7.70. The van der Waals surface area contributed by atoms with E-state index >= 15 is 0 Å². The molecule has 24 heavy (non-hydrogen) atoms. The molecule has 0 saturated carbocycles. The number of hydrogen-bond donors (Lipinski definition) is 0. The quantitative estimate of drug-likeness (QED) is 0.815. The summed E-state index contributed by atoms with van der Waals surface area (Å²) in [5, 5.41) is 13.3. The van der Waals surface area contributed by atoms with Gasteiger partial charge in [-0.2, -0.15) is 10.4 Å². The summed E-state index contributed by atoms with van der Waals surface area (Å²) < 4.78 is 1.24. The molecule has 122 valence electrons. The van der Waals surface area contributed by atoms with Crippen LogP contribution in [0.25, 0.3) is 0 Å². The second-order valence-electron chi connectivity index (χ2n) is 6.12. The molecule has 3 saturated heterocycles. The molecule has 8 heteroatoms. The summed E-state index contributed by atoms with van der Waals surface area (Å²) >= 11 is 6.21. The summed E-state index contributed by atoms with van der Waals surface area (Å²) in [7, 11) is 1.58. The fourth-order valence-electron chi connectivity index (χ4n) is 3.53. The van der Waals surface area contributed by atoms with Gasteiger partial charge in [-0.1, -0.05) is 17.7 Å². The number of halogens is 1. The molecule has 2 bridgehead atoms. The summed E-state index contributed by atoms with van der Waals surface area (Å²) in [6.45, 7) is 1.51. The molecule has 3 aliphatic rings. The molecule has 0 N–H and O–H groups in total. The Morgan fingerprint density at radius 3 is 2.79 bits per heavy atom. The molecule has 2 unspecified atom stereocenters. The van der Waals surface area contributed by atoms with E-state index in [2.05, 4.69) is 26.0 Å². The zero-order chi connectivity index (χ0) is 16.8. The van der Waals surface area contributed by atoms with E-state index in [1.54, 1.807) is 19.3 Å². The fraction of sp³-hybridized carbons (Fsp3) is 0.375. The predicted octanol–water partition coefficient (Wildman–Crippen LogP) is 1.17. The number of rotatable bonds is 2. The second kappa shape index (κ2) is 5.49. The lowest BCUT2D eigenvalue weighted by Crippen LogP contribution is -2.69. The minimum absolute atomic E-state index is 0.213. The number of aryl methyl sites for hydroxylation is 1. The van der Waals surface area contributed by atoms with Gasteiger partial charge in [-0.05, 0) is 18.6 Å². The topological polar surface area (TPSA) is 78.1 Å². The Kier molecular flexibility index (Phi) is 3.43. The highest BCUT2D eigenvalue weighted by atomic mass is 35.5. The molecule has 2 atom stereocenters. The molecule has 5 heterocycles. The molecule has 5 rings (SSSR count). The lowest BCUT2D eigenvalue weighted by atomic mass is 9.87. The zero-order valence-electron chi connectivity index (χ0n) is 13.1. The molecule has 0 amide bonds. The van der Waals surface area contributed by atoms with Crippen LogP contribution in [-0.2, 0) is 7.05 Å². The van der Waals surface area contributed by atoms with Crippen molar-refractivity contribution in [3.8, 4) is 6.07 Å². The van der Waals surface area contributed by atoms with Gasteiger partial charge in [0.05, 0.1) is 24.0 Å². The van der Waals surface area contributed by atoms with Crippen LogP contribution in [0.3, 0.4) is 0 Å². The van der Waals surface area contributed by atoms with Crippen LogP contribution in [-0.4, -0.2) is 39.9 Å². The molecule has 2 aromatic rings. The van der Waals surface area contributed by atoms with E-state index in [1.165, 1.54) is 4.68 Å². The Labute approximate surface area is 143 Å². The molecular weight excluding hydrogens is 328 g/mol. The summed E-state index contributed by atoms with van der Waals surface area (Å²) in [6, 6.07) is 8.17. The van der Waals surface area contributed by atoms with Crippen LogP contribution in [0.4, 0.5) is 11.5 Å². The molecule has 0 aliphatic carbocycles. The third kappa shape index (κ3) is 2.22. The van der Waals surface area contributed by atoms with Crippen LogP contribution < -0.4 is 15.4 Å². The fourth-order valence-corrected chi connectivity index (χ4v) is 3.82. The monoisotopic (exact) mass is 342 g/mol. The van der Waals surface area contributed by atoms with E-state index in [0.29, 0.717) is 23.5 Å². The highest BCUT2D eigenvalue weighted by Gasteiger charge is 2.45. The highest BCUT2D eigenvalue weighted by Crippen LogP contribution is 2.38. The van der Waals surface area contributed by atoms with Gasteiger partial charge in [0, 0.05) is 20.1 Å². The maximum absolute atomic E-state index is 12.0. The third-order valence-electron chi connectivity index (χ3n) is 4.71. The molecule has 0 spiro atoms. The SMILES string of the molecule is Cn1ncc(N2CC3CC(C2)N3c2cccc(C#N)n2)c(Cl)c1=O. The lowest BCUT2D eigenvalue weighted by molar-refractivity contribution is 0.288. The van der Waals surface area contributed by atoms with Crippen LogP contribution in [0.5, 0.6) is 0 Å². The number of aromatic nitrogens is 3. The van der Waals surface area contributed by atoms with Gasteiger partial charge in [0.15, 0.2) is 0 Å². The first kappa shape index (κ1) is 15.0. The maximum Gasteiger partial charge on any atom is 0.287 e. The van der Waals surface area contributed by atoms with Crippen LogP contribution >= 0.6 is 11.6 Å². The molecule has 7 nitrogen and oxygen atoms in total. The van der Waals surface area contributed by atoms with Crippen molar-refractivity contribution in [2.24, 2.45) is 7.05 Å². The number of pyridine rings is 1. The van der Waals surface area contributed by atoms with Crippen molar-refractivity contribution >= 4 is 23.1 Å². The summed E-state index contributed by atoms with van der Waals surface area (Å²) in [6.07, 6.45) is 2.72. The number of fused-ring (bicyclic) bond motifs is 2. The van der Waals surface area contributed by atoms with Crippen molar-refractivity contribution in [2.75, 3.05) is 22.9 Å². The highest BCUT2D eigenvalue weighted by molar-refractivity contribution is 6.33. The largest absolute Gasteiger partial charge is 0.365 e. The Hall–Kier alpha value is -2.59. The average molecular weight is 343 g/mol. The van der Waals surface area contributed by atoms with Gasteiger partial charge in [0.25, 0.3) is 5.56 Å². The van der Waals surface area contributed by atoms with Gasteiger partial charge in [0.2, 0.25) is 0 Å². The average Bonchev–Trinajstić information content (AvgIpc) is 2.60. The number of piperazine rings is 1. The number of anilines is 2. The van der Waals surface area contributed by atoms with Crippen molar-refractivity contribution in [1.82, 2.24) is 14.8 Å². The van der Waals surface area contributed by atoms with E-state index in [-0.39, 0.29) is 10.6 Å². The summed E-state index contributed by atoms with van der Waals surface area (Å²) in [4.78, 5) is 20.7. The minimum Gasteiger partial charge on any atom is -0.365 e. The van der Waals surface area contributed by atoms with Gasteiger partial charge in [-0.15, -0.1) is 0 Å². The number of nitriles is 1. The van der Waals surface area contributed by atoms with E-state index in [4.69, 9.17) is 16.9 Å². The van der Waals surface area contributed by atoms with Crippen molar-refractivity contribution in [3.05, 3.63) is 45.5 Å². The first-order valence-corrected chi connectivity index (χ1v) is 8.08. The zero-order valence-corrected chi connectivity index (χ0v) is 13.8. The molecule has 0 radical (unpaired) electrons. The number of hydrogen-bond acceptors (Lipinski definition) is 6. The molecule has 3 aliphatic heterocycles. The van der Waals surface area contributed by atoms with E-state index in [1.807, 2.05) is 12.1 Å². The van der Waals surface area contributed by atoms with E-state index in [9.17, 15) is 4.79 Å². The Morgan fingerprint density at radius 1 is 1.33 bits per heavy atom. The normalized spacial score (nSPS) is 22.0. The van der Waals surface area contributed by atoms with Crippen molar-refractivity contribution in [2.45, 2.75) is 18.5 Å². The van der Waals surface area contributed by atoms with Crippen molar-refractivity contribution < 1.29 is 0 Å². The number of nitrogens with zero attached hydrogens (tertiary/aromatic N) is 6. The van der Waals surface area contributed by atoms with Gasteiger partial charge in [-0.25, -0.2) is 9.67 Å². The molecule has 3 fully saturated rings. The molecule has 0 aromatic carbocycles. The second-order valence-corrected chi connectivity index (χ2v) is 6.50. The maximum atomic E-state index is 12.0. The first-order chi connectivity index (χ1) is 11.6. The molecule has 2 aromatic heterocycles. The van der Waals surface area contributed by atoms with Gasteiger partial charge in [0.1, 0.15) is 22.6 Å². The van der Waals surface area contributed by atoms with E-state index < -0.39 is 0 Å². The van der Waals surface area contributed by atoms with Gasteiger partial charge >= 0.3 is 0 Å². The Bertz CT molecular complexity index is 892. The van der Waals surface area contributed by atoms with Crippen LogP contribution in [0, 0.1) is 11.3 Å². The molecular formula is C16H15ClN6O. The Morgan fingerprint density at radius 2 is 2.08 bits per heavy atom. The van der Waals surface area contributed by atoms with Crippen LogP contribution in [0.1, 0.15) is 12.1 Å². The standard InChI is InChI=1S/C16H15ClN6O/c1-21-16(24)15(17)13(7-19-21)22-8-11-5-12(9-22)23(11)14-4-2-3-10(6-18)20-14/h2-4,7,11-12H,5,8-9H2,1H3. The van der Waals surface area contributed by atoms with E-state index in [0.717, 1.165) is 25.3 Å².